The van der Waals surface area contributed by atoms with E-state index in [1.54, 1.807) is 0 Å². The first-order chi connectivity index (χ1) is 28.8. The lowest BCUT2D eigenvalue weighted by atomic mass is 9.92. The zero-order valence-electron chi connectivity index (χ0n) is 39.7. The molecule has 1 aliphatic rings. The second kappa shape index (κ2) is 40.4. The van der Waals surface area contributed by atoms with E-state index in [-0.39, 0.29) is 36.7 Å². The van der Waals surface area contributed by atoms with Crippen LogP contribution < -0.4 is 0 Å². The molecular weight excluding hydrogens is 739 g/mol. The largest absolute Gasteiger partial charge is 0.466 e. The van der Waals surface area contributed by atoms with Gasteiger partial charge in [0.15, 0.2) is 0 Å². The SMILES string of the molecule is CCCCCC(CCCCC)CCOC(=O)CCCCCCCC(CCCCCCCC(=O)OCCC(CCCCC)CCCCC)OC(=O)COC1CCN(C)CC1. The molecule has 1 saturated heterocycles. The highest BCUT2D eigenvalue weighted by Crippen LogP contribution is 2.23. The van der Waals surface area contributed by atoms with Crippen molar-refractivity contribution < 1.29 is 33.3 Å². The molecule has 8 heteroatoms. The van der Waals surface area contributed by atoms with Crippen LogP contribution in [-0.4, -0.2) is 75.0 Å². The van der Waals surface area contributed by atoms with E-state index in [1.807, 2.05) is 0 Å². The molecule has 0 unspecified atom stereocenters. The first-order valence-corrected chi connectivity index (χ1v) is 25.6. The number of rotatable bonds is 42. The van der Waals surface area contributed by atoms with Crippen molar-refractivity contribution in [2.24, 2.45) is 11.8 Å². The molecule has 0 amide bonds. The molecule has 0 aliphatic carbocycles. The molecule has 0 spiro atoms. The third kappa shape index (κ3) is 34.6. The molecule has 348 valence electrons. The number of piperidine rings is 1. The maximum absolute atomic E-state index is 12.9. The van der Waals surface area contributed by atoms with Gasteiger partial charge in [0.2, 0.25) is 0 Å². The Bertz CT molecular complexity index is 892. The van der Waals surface area contributed by atoms with Gasteiger partial charge in [-0.2, -0.15) is 0 Å². The van der Waals surface area contributed by atoms with Crippen molar-refractivity contribution in [1.29, 1.82) is 0 Å². The third-order valence-electron chi connectivity index (χ3n) is 12.7. The van der Waals surface area contributed by atoms with Gasteiger partial charge >= 0.3 is 17.9 Å². The lowest BCUT2D eigenvalue weighted by Crippen LogP contribution is -2.35. The van der Waals surface area contributed by atoms with Gasteiger partial charge in [0, 0.05) is 25.9 Å². The Hall–Kier alpha value is -1.67. The summed E-state index contributed by atoms with van der Waals surface area (Å²) in [6.07, 6.45) is 37.2. The van der Waals surface area contributed by atoms with Gasteiger partial charge in [-0.1, -0.05) is 169 Å². The highest BCUT2D eigenvalue weighted by molar-refractivity contribution is 5.71. The molecule has 1 aliphatic heterocycles. The van der Waals surface area contributed by atoms with Crippen LogP contribution in [0.5, 0.6) is 0 Å². The van der Waals surface area contributed by atoms with Gasteiger partial charge in [0.1, 0.15) is 12.7 Å². The summed E-state index contributed by atoms with van der Waals surface area (Å²) in [6, 6.07) is 0. The Kier molecular flexibility index (Phi) is 37.9. The molecule has 0 aromatic carbocycles. The summed E-state index contributed by atoms with van der Waals surface area (Å²) in [5, 5.41) is 0. The number of carbonyl (C=O) groups is 3. The summed E-state index contributed by atoms with van der Waals surface area (Å²) >= 11 is 0. The fraction of sp³-hybridized carbons (Fsp3) is 0.941. The molecule has 0 radical (unpaired) electrons. The van der Waals surface area contributed by atoms with E-state index < -0.39 is 0 Å². The molecule has 0 aromatic heterocycles. The fourth-order valence-corrected chi connectivity index (χ4v) is 8.58. The minimum atomic E-state index is -0.243. The molecule has 59 heavy (non-hydrogen) atoms. The topological polar surface area (TPSA) is 91.4 Å². The highest BCUT2D eigenvalue weighted by atomic mass is 16.6. The summed E-state index contributed by atoms with van der Waals surface area (Å²) in [5.74, 6) is 1.04. The third-order valence-corrected chi connectivity index (χ3v) is 12.7. The number of ether oxygens (including phenoxy) is 4. The first kappa shape index (κ1) is 55.3. The molecular formula is C51H97NO7. The lowest BCUT2D eigenvalue weighted by Gasteiger charge is -2.28. The molecule has 0 bridgehead atoms. The van der Waals surface area contributed by atoms with E-state index in [1.165, 1.54) is 103 Å². The van der Waals surface area contributed by atoms with E-state index in [0.29, 0.717) is 37.9 Å². The van der Waals surface area contributed by atoms with E-state index in [9.17, 15) is 14.4 Å². The fourth-order valence-electron chi connectivity index (χ4n) is 8.58. The lowest BCUT2D eigenvalue weighted by molar-refractivity contribution is -0.158. The minimum absolute atomic E-state index is 0.0355. The van der Waals surface area contributed by atoms with Crippen LogP contribution in [0.25, 0.3) is 0 Å². The Balaban J connectivity index is 2.34. The van der Waals surface area contributed by atoms with Crippen molar-refractivity contribution in [2.75, 3.05) is 40.0 Å². The average Bonchev–Trinajstić information content (AvgIpc) is 3.22. The van der Waals surface area contributed by atoms with Crippen LogP contribution in [-0.2, 0) is 33.3 Å². The number of carbonyl (C=O) groups excluding carboxylic acids is 3. The predicted octanol–water partition coefficient (Wildman–Crippen LogP) is 13.9. The molecule has 0 saturated carbocycles. The maximum Gasteiger partial charge on any atom is 0.332 e. The van der Waals surface area contributed by atoms with Gasteiger partial charge in [0.25, 0.3) is 0 Å². The van der Waals surface area contributed by atoms with Crippen LogP contribution >= 0.6 is 0 Å². The van der Waals surface area contributed by atoms with Crippen LogP contribution in [0.3, 0.4) is 0 Å². The Labute approximate surface area is 365 Å². The van der Waals surface area contributed by atoms with Gasteiger partial charge in [-0.05, 0) is 83.1 Å². The van der Waals surface area contributed by atoms with E-state index >= 15 is 0 Å². The number of nitrogens with zero attached hydrogens (tertiary/aromatic N) is 1. The van der Waals surface area contributed by atoms with Gasteiger partial charge in [-0.15, -0.1) is 0 Å². The molecule has 1 rings (SSSR count). The average molecular weight is 836 g/mol. The van der Waals surface area contributed by atoms with Crippen molar-refractivity contribution >= 4 is 17.9 Å². The molecule has 0 N–H and O–H groups in total. The summed E-state index contributed by atoms with van der Waals surface area (Å²) in [7, 11) is 2.13. The van der Waals surface area contributed by atoms with Gasteiger partial charge in [0.05, 0.1) is 19.3 Å². The highest BCUT2D eigenvalue weighted by Gasteiger charge is 2.20. The predicted molar refractivity (Wildman–Crippen MR) is 246 cm³/mol. The Morgan fingerprint density at radius 2 is 0.847 bits per heavy atom. The molecule has 8 nitrogen and oxygen atoms in total. The van der Waals surface area contributed by atoms with Crippen molar-refractivity contribution in [2.45, 2.75) is 258 Å². The second-order valence-electron chi connectivity index (χ2n) is 18.3. The molecule has 0 atom stereocenters. The van der Waals surface area contributed by atoms with E-state index in [2.05, 4.69) is 39.6 Å². The van der Waals surface area contributed by atoms with E-state index in [0.717, 1.165) is 116 Å². The van der Waals surface area contributed by atoms with Gasteiger partial charge in [-0.25, -0.2) is 4.79 Å². The van der Waals surface area contributed by atoms with Crippen molar-refractivity contribution in [3.05, 3.63) is 0 Å². The second-order valence-corrected chi connectivity index (χ2v) is 18.3. The van der Waals surface area contributed by atoms with Crippen molar-refractivity contribution in [3.63, 3.8) is 0 Å². The summed E-state index contributed by atoms with van der Waals surface area (Å²) in [5.41, 5.74) is 0. The van der Waals surface area contributed by atoms with Crippen LogP contribution in [0.2, 0.25) is 0 Å². The first-order valence-electron chi connectivity index (χ1n) is 25.6. The van der Waals surface area contributed by atoms with Crippen molar-refractivity contribution in [3.8, 4) is 0 Å². The Morgan fingerprint density at radius 1 is 0.475 bits per heavy atom. The van der Waals surface area contributed by atoms with Gasteiger partial charge in [-0.3, -0.25) is 9.59 Å². The van der Waals surface area contributed by atoms with E-state index in [4.69, 9.17) is 18.9 Å². The number of esters is 3. The number of hydrogen-bond donors (Lipinski definition) is 0. The standard InChI is InChI=1S/C51H97NO7/c1-6-10-20-28-45(29-21-11-7-2)38-42-56-49(53)34-26-18-14-16-24-32-48(59-51(55)44-58-47-36-40-52(5)41-37-47)33-25-17-15-19-27-35-50(54)57-43-39-46(30-22-12-8-3)31-23-13-9-4/h45-48H,6-44H2,1-5H3. The van der Waals surface area contributed by atoms with Crippen LogP contribution in [0, 0.1) is 11.8 Å². The van der Waals surface area contributed by atoms with Crippen molar-refractivity contribution in [1.82, 2.24) is 4.90 Å². The van der Waals surface area contributed by atoms with Gasteiger partial charge < -0.3 is 23.8 Å². The zero-order valence-corrected chi connectivity index (χ0v) is 39.7. The normalized spacial score (nSPS) is 13.8. The van der Waals surface area contributed by atoms with Crippen LogP contribution in [0.1, 0.15) is 246 Å². The Morgan fingerprint density at radius 3 is 1.25 bits per heavy atom. The number of hydrogen-bond acceptors (Lipinski definition) is 8. The quantitative estimate of drug-likeness (QED) is 0.0341. The summed E-state index contributed by atoms with van der Waals surface area (Å²) in [4.78, 5) is 40.0. The summed E-state index contributed by atoms with van der Waals surface area (Å²) < 4.78 is 23.2. The molecule has 0 aromatic rings. The van der Waals surface area contributed by atoms with Crippen LogP contribution in [0.15, 0.2) is 0 Å². The smallest absolute Gasteiger partial charge is 0.332 e. The summed E-state index contributed by atoms with van der Waals surface area (Å²) in [6.45, 7) is 12.2. The number of unbranched alkanes of at least 4 members (excludes halogenated alkanes) is 16. The maximum atomic E-state index is 12.9. The minimum Gasteiger partial charge on any atom is -0.466 e. The molecule has 1 fully saturated rings. The zero-order chi connectivity index (χ0) is 43.0. The number of likely N-dealkylation sites (tertiary alicyclic amines) is 1. The monoisotopic (exact) mass is 836 g/mol. The molecule has 1 heterocycles. The van der Waals surface area contributed by atoms with Crippen LogP contribution in [0.4, 0.5) is 0 Å².